The van der Waals surface area contributed by atoms with Crippen LogP contribution in [0.5, 0.6) is 0 Å². The number of rotatable bonds is 6. The Morgan fingerprint density at radius 3 is 1.22 bits per heavy atom. The molecule has 0 N–H and O–H groups in total. The maximum absolute atomic E-state index is 4.15. The monoisotopic (exact) mass is 414 g/mol. The summed E-state index contributed by atoms with van der Waals surface area (Å²) in [5, 5.41) is 0. The Balaban J connectivity index is 1.54. The van der Waals surface area contributed by atoms with Gasteiger partial charge in [0.2, 0.25) is 0 Å². The van der Waals surface area contributed by atoms with Gasteiger partial charge in [-0.2, -0.15) is 0 Å². The van der Waals surface area contributed by atoms with Crippen LogP contribution in [0.4, 0.5) is 0 Å². The van der Waals surface area contributed by atoms with E-state index >= 15 is 0 Å². The highest BCUT2D eigenvalue weighted by atomic mass is 14.6. The van der Waals surface area contributed by atoms with Crippen LogP contribution >= 0.6 is 0 Å². The number of aromatic nitrogens is 2. The average Bonchev–Trinajstić information content (AvgIpc) is 2.86. The van der Waals surface area contributed by atoms with E-state index in [0.29, 0.717) is 23.7 Å². The van der Waals surface area contributed by atoms with Crippen molar-refractivity contribution in [1.29, 1.82) is 0 Å². The van der Waals surface area contributed by atoms with E-state index in [-0.39, 0.29) is 0 Å². The number of allylic oxidation sites excluding steroid dienone is 2. The summed E-state index contributed by atoms with van der Waals surface area (Å²) in [6.45, 7) is 0. The fraction of sp³-hybridized carbons (Fsp3) is 0.133. The standard InChI is InChI=1S/C30H26N2/c1-3-7-25(8-4-1)29-27(13-11-23-15-19-31-20-16-23)30(26-9-5-2-6-10-26)28(29)14-12-24-17-21-32-22-18-24/h1-22,27-30H/b13-11+,14-12+. The van der Waals surface area contributed by atoms with Crippen LogP contribution in [0.3, 0.4) is 0 Å². The van der Waals surface area contributed by atoms with Gasteiger partial charge in [-0.25, -0.2) is 0 Å². The molecule has 4 aromatic rings. The third-order valence-corrected chi connectivity index (χ3v) is 6.46. The van der Waals surface area contributed by atoms with Gasteiger partial charge < -0.3 is 0 Å². The molecule has 0 atom stereocenters. The molecule has 0 aliphatic heterocycles. The molecule has 0 bridgehead atoms. The van der Waals surface area contributed by atoms with Crippen molar-refractivity contribution in [3.63, 3.8) is 0 Å². The Bertz CT molecular complexity index is 1060. The summed E-state index contributed by atoms with van der Waals surface area (Å²) in [6, 6.07) is 30.1. The fourth-order valence-electron chi connectivity index (χ4n) is 4.93. The summed E-state index contributed by atoms with van der Waals surface area (Å²) < 4.78 is 0. The van der Waals surface area contributed by atoms with Crippen LogP contribution in [0.25, 0.3) is 12.2 Å². The number of benzene rings is 2. The zero-order chi connectivity index (χ0) is 21.6. The van der Waals surface area contributed by atoms with Crippen molar-refractivity contribution < 1.29 is 0 Å². The Hall–Kier alpha value is -3.78. The zero-order valence-corrected chi connectivity index (χ0v) is 17.9. The van der Waals surface area contributed by atoms with Crippen molar-refractivity contribution in [1.82, 2.24) is 9.97 Å². The smallest absolute Gasteiger partial charge is 0.0273 e. The third-order valence-electron chi connectivity index (χ3n) is 6.46. The van der Waals surface area contributed by atoms with Crippen LogP contribution in [0.2, 0.25) is 0 Å². The van der Waals surface area contributed by atoms with E-state index in [2.05, 4.69) is 119 Å². The highest BCUT2D eigenvalue weighted by Crippen LogP contribution is 2.58. The molecule has 156 valence electrons. The van der Waals surface area contributed by atoms with E-state index in [9.17, 15) is 0 Å². The number of hydrogen-bond acceptors (Lipinski definition) is 2. The number of nitrogens with zero attached hydrogens (tertiary/aromatic N) is 2. The zero-order valence-electron chi connectivity index (χ0n) is 17.9. The molecule has 0 saturated heterocycles. The summed E-state index contributed by atoms with van der Waals surface area (Å²) in [7, 11) is 0. The SMILES string of the molecule is C(=C\C1C(c2ccccc2)C(/C=C/c2ccncc2)C1c1ccccc1)/c1ccncc1. The minimum atomic E-state index is 0.417. The fourth-order valence-corrected chi connectivity index (χ4v) is 4.93. The van der Waals surface area contributed by atoms with Gasteiger partial charge in [-0.3, -0.25) is 9.97 Å². The molecule has 1 aliphatic carbocycles. The van der Waals surface area contributed by atoms with E-state index in [1.165, 1.54) is 22.3 Å². The third kappa shape index (κ3) is 4.31. The summed E-state index contributed by atoms with van der Waals surface area (Å²) >= 11 is 0. The maximum atomic E-state index is 4.15. The minimum absolute atomic E-state index is 0.417. The molecule has 0 unspecified atom stereocenters. The molecule has 0 spiro atoms. The van der Waals surface area contributed by atoms with Gasteiger partial charge in [0, 0.05) is 24.8 Å². The van der Waals surface area contributed by atoms with E-state index < -0.39 is 0 Å². The van der Waals surface area contributed by atoms with Gasteiger partial charge in [0.15, 0.2) is 0 Å². The second-order valence-corrected chi connectivity index (χ2v) is 8.31. The van der Waals surface area contributed by atoms with Crippen LogP contribution in [0.1, 0.15) is 34.1 Å². The molecular weight excluding hydrogens is 388 g/mol. The Morgan fingerprint density at radius 1 is 0.469 bits per heavy atom. The van der Waals surface area contributed by atoms with Crippen molar-refractivity contribution in [3.05, 3.63) is 144 Å². The molecule has 0 amide bonds. The molecule has 2 nitrogen and oxygen atoms in total. The van der Waals surface area contributed by atoms with E-state index in [4.69, 9.17) is 0 Å². The van der Waals surface area contributed by atoms with Crippen molar-refractivity contribution in [3.8, 4) is 0 Å². The van der Waals surface area contributed by atoms with Gasteiger partial charge >= 0.3 is 0 Å². The van der Waals surface area contributed by atoms with E-state index in [1.807, 2.05) is 24.8 Å². The molecule has 2 aromatic carbocycles. The second kappa shape index (κ2) is 9.57. The van der Waals surface area contributed by atoms with E-state index in [1.54, 1.807) is 0 Å². The van der Waals surface area contributed by atoms with Crippen LogP contribution < -0.4 is 0 Å². The molecule has 0 radical (unpaired) electrons. The molecule has 2 heterocycles. The maximum Gasteiger partial charge on any atom is 0.0273 e. The van der Waals surface area contributed by atoms with Crippen LogP contribution in [0.15, 0.2) is 122 Å². The summed E-state index contributed by atoms with van der Waals surface area (Å²) in [4.78, 5) is 8.30. The highest BCUT2D eigenvalue weighted by Gasteiger charge is 2.48. The van der Waals surface area contributed by atoms with Crippen molar-refractivity contribution in [2.24, 2.45) is 11.8 Å². The van der Waals surface area contributed by atoms with Crippen molar-refractivity contribution in [2.45, 2.75) is 11.8 Å². The molecule has 2 heteroatoms. The Morgan fingerprint density at radius 2 is 0.844 bits per heavy atom. The lowest BCUT2D eigenvalue weighted by Gasteiger charge is -2.51. The van der Waals surface area contributed by atoms with Gasteiger partial charge in [0.1, 0.15) is 0 Å². The molecular formula is C30H26N2. The lowest BCUT2D eigenvalue weighted by atomic mass is 9.52. The van der Waals surface area contributed by atoms with Crippen LogP contribution in [0, 0.1) is 11.8 Å². The average molecular weight is 415 g/mol. The van der Waals surface area contributed by atoms with E-state index in [0.717, 1.165) is 0 Å². The number of pyridine rings is 2. The largest absolute Gasteiger partial charge is 0.265 e. The highest BCUT2D eigenvalue weighted by molar-refractivity contribution is 5.54. The first-order valence-corrected chi connectivity index (χ1v) is 11.2. The van der Waals surface area contributed by atoms with Crippen LogP contribution in [-0.2, 0) is 0 Å². The normalized spacial score (nSPS) is 22.8. The first-order valence-electron chi connectivity index (χ1n) is 11.2. The number of hydrogen-bond donors (Lipinski definition) is 0. The quantitative estimate of drug-likeness (QED) is 0.339. The Labute approximate surface area is 190 Å². The molecule has 32 heavy (non-hydrogen) atoms. The van der Waals surface area contributed by atoms with Crippen LogP contribution in [-0.4, -0.2) is 9.97 Å². The summed E-state index contributed by atoms with van der Waals surface area (Å²) in [5.74, 6) is 1.69. The van der Waals surface area contributed by atoms with Gasteiger partial charge in [-0.1, -0.05) is 85.0 Å². The van der Waals surface area contributed by atoms with Gasteiger partial charge in [-0.15, -0.1) is 0 Å². The first-order chi connectivity index (χ1) is 15.9. The molecule has 1 saturated carbocycles. The van der Waals surface area contributed by atoms with Gasteiger partial charge in [0.25, 0.3) is 0 Å². The summed E-state index contributed by atoms with van der Waals surface area (Å²) in [6.07, 6.45) is 16.7. The van der Waals surface area contributed by atoms with Gasteiger partial charge in [-0.05, 0) is 70.2 Å². The minimum Gasteiger partial charge on any atom is -0.265 e. The second-order valence-electron chi connectivity index (χ2n) is 8.31. The van der Waals surface area contributed by atoms with Gasteiger partial charge in [0.05, 0.1) is 0 Å². The molecule has 5 rings (SSSR count). The van der Waals surface area contributed by atoms with Crippen molar-refractivity contribution in [2.75, 3.05) is 0 Å². The molecule has 1 aliphatic rings. The molecule has 1 fully saturated rings. The Kier molecular flexibility index (Phi) is 6.02. The predicted molar refractivity (Wildman–Crippen MR) is 132 cm³/mol. The predicted octanol–water partition coefficient (Wildman–Crippen LogP) is 7.02. The van der Waals surface area contributed by atoms with Crippen molar-refractivity contribution >= 4 is 12.2 Å². The molecule has 2 aromatic heterocycles. The lowest BCUT2D eigenvalue weighted by Crippen LogP contribution is -2.41. The first kappa shape index (κ1) is 20.1. The topological polar surface area (TPSA) is 25.8 Å². The lowest BCUT2D eigenvalue weighted by molar-refractivity contribution is 0.178. The summed E-state index contributed by atoms with van der Waals surface area (Å²) in [5.41, 5.74) is 5.17.